The fourth-order valence-electron chi connectivity index (χ4n) is 2.22. The Hall–Kier alpha value is -2.40. The van der Waals surface area contributed by atoms with Crippen LogP contribution >= 0.6 is 0 Å². The maximum absolute atomic E-state index is 12.5. The summed E-state index contributed by atoms with van der Waals surface area (Å²) in [5, 5.41) is 9.68. The van der Waals surface area contributed by atoms with Crippen LogP contribution in [0.15, 0.2) is 42.6 Å². The third-order valence-corrected chi connectivity index (χ3v) is 3.62. The molecule has 1 aromatic heterocycles. The molecule has 116 valence electrons. The lowest BCUT2D eigenvalue weighted by Crippen LogP contribution is -2.33. The third-order valence-electron chi connectivity index (χ3n) is 3.62. The van der Waals surface area contributed by atoms with Gasteiger partial charge in [0.15, 0.2) is 0 Å². The first-order chi connectivity index (χ1) is 10.6. The Morgan fingerprint density at radius 1 is 1.27 bits per heavy atom. The predicted octanol–water partition coefficient (Wildman–Crippen LogP) is 2.20. The van der Waals surface area contributed by atoms with Crippen molar-refractivity contribution in [1.29, 1.82) is 0 Å². The Morgan fingerprint density at radius 2 is 1.95 bits per heavy atom. The number of benzene rings is 1. The van der Waals surface area contributed by atoms with E-state index in [1.54, 1.807) is 32.5 Å². The van der Waals surface area contributed by atoms with Crippen molar-refractivity contribution in [2.75, 3.05) is 20.8 Å². The number of carbonyl (C=O) groups is 1. The van der Waals surface area contributed by atoms with Crippen LogP contribution in [0.2, 0.25) is 0 Å². The number of nitrogens with zero attached hydrogens (tertiary/aromatic N) is 2. The normalized spacial score (nSPS) is 11.8. The average Bonchev–Trinajstić information content (AvgIpc) is 2.56. The summed E-state index contributed by atoms with van der Waals surface area (Å²) in [5.41, 5.74) is 2.20. The summed E-state index contributed by atoms with van der Waals surface area (Å²) in [6.07, 6.45) is 1.55. The number of likely N-dealkylation sites (N-methyl/N-ethyl adjacent to an activating group) is 1. The lowest BCUT2D eigenvalue weighted by molar-refractivity contribution is 0.0658. The molecule has 2 rings (SSSR count). The Balaban J connectivity index is 2.21. The maximum Gasteiger partial charge on any atom is 0.255 e. The molecule has 0 saturated heterocycles. The Bertz CT molecular complexity index is 623. The number of rotatable bonds is 5. The van der Waals surface area contributed by atoms with Crippen molar-refractivity contribution in [3.05, 3.63) is 59.4 Å². The monoisotopic (exact) mass is 300 g/mol. The van der Waals surface area contributed by atoms with E-state index in [9.17, 15) is 9.90 Å². The number of aliphatic hydroxyl groups excluding tert-OH is 1. The summed E-state index contributed by atoms with van der Waals surface area (Å²) in [6, 6.07) is 10.4. The number of ether oxygens (including phenoxy) is 1. The van der Waals surface area contributed by atoms with Gasteiger partial charge in [-0.25, -0.2) is 0 Å². The molecule has 0 aliphatic carbocycles. The van der Waals surface area contributed by atoms with Crippen molar-refractivity contribution in [3.63, 3.8) is 0 Å². The number of carbonyl (C=O) groups excluding carboxylic acids is 1. The number of aryl methyl sites for hydroxylation is 1. The lowest BCUT2D eigenvalue weighted by Gasteiger charge is -2.27. The van der Waals surface area contributed by atoms with Crippen LogP contribution in [-0.2, 0) is 0 Å². The zero-order chi connectivity index (χ0) is 16.1. The second kappa shape index (κ2) is 7.04. The molecule has 1 atom stereocenters. The van der Waals surface area contributed by atoms with Crippen LogP contribution in [0.3, 0.4) is 0 Å². The molecule has 0 radical (unpaired) electrons. The highest BCUT2D eigenvalue weighted by Gasteiger charge is 2.22. The second-order valence-electron chi connectivity index (χ2n) is 5.08. The first kappa shape index (κ1) is 16.0. The van der Waals surface area contributed by atoms with Gasteiger partial charge in [0.25, 0.3) is 5.91 Å². The minimum Gasteiger partial charge on any atom is -0.497 e. The smallest absolute Gasteiger partial charge is 0.255 e. The van der Waals surface area contributed by atoms with Crippen LogP contribution in [0.4, 0.5) is 0 Å². The summed E-state index contributed by atoms with van der Waals surface area (Å²) < 4.78 is 5.12. The fourth-order valence-corrected chi connectivity index (χ4v) is 2.22. The Morgan fingerprint density at radius 3 is 2.45 bits per heavy atom. The van der Waals surface area contributed by atoms with E-state index < -0.39 is 6.04 Å². The summed E-state index contributed by atoms with van der Waals surface area (Å²) in [7, 11) is 3.27. The van der Waals surface area contributed by atoms with Crippen molar-refractivity contribution < 1.29 is 14.6 Å². The van der Waals surface area contributed by atoms with E-state index in [4.69, 9.17) is 4.74 Å². The molecule has 0 aliphatic heterocycles. The SMILES string of the molecule is COc1ccc(C(CO)N(C)C(=O)c2ccc(C)nc2)cc1. The van der Waals surface area contributed by atoms with E-state index in [-0.39, 0.29) is 12.5 Å². The van der Waals surface area contributed by atoms with E-state index in [1.807, 2.05) is 31.2 Å². The molecule has 1 amide bonds. The molecule has 0 fully saturated rings. The van der Waals surface area contributed by atoms with Crippen LogP contribution in [0, 0.1) is 6.92 Å². The van der Waals surface area contributed by atoms with Crippen LogP contribution in [-0.4, -0.2) is 41.7 Å². The van der Waals surface area contributed by atoms with Gasteiger partial charge in [-0.2, -0.15) is 0 Å². The minimum atomic E-state index is -0.417. The average molecular weight is 300 g/mol. The zero-order valence-corrected chi connectivity index (χ0v) is 13.0. The summed E-state index contributed by atoms with van der Waals surface area (Å²) in [4.78, 5) is 18.2. The zero-order valence-electron chi connectivity index (χ0n) is 13.0. The number of amides is 1. The van der Waals surface area contributed by atoms with Crippen molar-refractivity contribution in [1.82, 2.24) is 9.88 Å². The van der Waals surface area contributed by atoms with Crippen LogP contribution in [0.25, 0.3) is 0 Å². The molecule has 1 heterocycles. The molecule has 0 bridgehead atoms. The minimum absolute atomic E-state index is 0.159. The molecular formula is C17H20N2O3. The molecular weight excluding hydrogens is 280 g/mol. The van der Waals surface area contributed by atoms with E-state index in [2.05, 4.69) is 4.98 Å². The summed E-state index contributed by atoms with van der Waals surface area (Å²) >= 11 is 0. The van der Waals surface area contributed by atoms with Gasteiger partial charge in [-0.1, -0.05) is 12.1 Å². The highest BCUT2D eigenvalue weighted by atomic mass is 16.5. The second-order valence-corrected chi connectivity index (χ2v) is 5.08. The molecule has 0 aliphatic rings. The van der Waals surface area contributed by atoms with E-state index in [1.165, 1.54) is 4.90 Å². The molecule has 0 saturated carbocycles. The van der Waals surface area contributed by atoms with Crippen LogP contribution < -0.4 is 4.74 Å². The van der Waals surface area contributed by atoms with E-state index in [0.717, 1.165) is 17.0 Å². The Kier molecular flexibility index (Phi) is 5.12. The lowest BCUT2D eigenvalue weighted by atomic mass is 10.1. The van der Waals surface area contributed by atoms with Crippen molar-refractivity contribution in [2.45, 2.75) is 13.0 Å². The maximum atomic E-state index is 12.5. The fraction of sp³-hybridized carbons (Fsp3) is 0.294. The topological polar surface area (TPSA) is 62.7 Å². The largest absolute Gasteiger partial charge is 0.497 e. The van der Waals surface area contributed by atoms with Crippen molar-refractivity contribution in [2.24, 2.45) is 0 Å². The number of hydrogen-bond acceptors (Lipinski definition) is 4. The number of hydrogen-bond donors (Lipinski definition) is 1. The molecule has 5 nitrogen and oxygen atoms in total. The van der Waals surface area contributed by atoms with E-state index >= 15 is 0 Å². The van der Waals surface area contributed by atoms with Crippen molar-refractivity contribution >= 4 is 5.91 Å². The third kappa shape index (κ3) is 3.43. The molecule has 5 heteroatoms. The summed E-state index contributed by atoms with van der Waals surface area (Å²) in [6.45, 7) is 1.71. The highest BCUT2D eigenvalue weighted by Crippen LogP contribution is 2.23. The number of aromatic nitrogens is 1. The summed E-state index contributed by atoms with van der Waals surface area (Å²) in [5.74, 6) is 0.555. The quantitative estimate of drug-likeness (QED) is 0.919. The molecule has 1 N–H and O–H groups in total. The van der Waals surface area contributed by atoms with Gasteiger partial charge in [0.1, 0.15) is 5.75 Å². The van der Waals surface area contributed by atoms with Gasteiger partial charge in [-0.3, -0.25) is 9.78 Å². The first-order valence-electron chi connectivity index (χ1n) is 7.01. The first-order valence-corrected chi connectivity index (χ1v) is 7.01. The predicted molar refractivity (Wildman–Crippen MR) is 83.9 cm³/mol. The van der Waals surface area contributed by atoms with E-state index in [0.29, 0.717) is 5.56 Å². The van der Waals surface area contributed by atoms with Crippen LogP contribution in [0.1, 0.15) is 27.7 Å². The number of aliphatic hydroxyl groups is 1. The van der Waals surface area contributed by atoms with Gasteiger partial charge in [0.2, 0.25) is 0 Å². The molecule has 0 spiro atoms. The standard InChI is InChI=1S/C17H20N2O3/c1-12-4-5-14(10-18-12)17(21)19(2)16(11-20)13-6-8-15(22-3)9-7-13/h4-10,16,20H,11H2,1-3H3. The van der Waals surface area contributed by atoms with Gasteiger partial charge in [-0.05, 0) is 36.8 Å². The van der Waals surface area contributed by atoms with Gasteiger partial charge in [0, 0.05) is 18.9 Å². The van der Waals surface area contributed by atoms with Gasteiger partial charge in [0.05, 0.1) is 25.3 Å². The molecule has 22 heavy (non-hydrogen) atoms. The Labute approximate surface area is 130 Å². The molecule has 1 aromatic carbocycles. The van der Waals surface area contributed by atoms with Gasteiger partial charge in [-0.15, -0.1) is 0 Å². The molecule has 2 aromatic rings. The van der Waals surface area contributed by atoms with Gasteiger partial charge >= 0.3 is 0 Å². The number of pyridine rings is 1. The van der Waals surface area contributed by atoms with Crippen molar-refractivity contribution in [3.8, 4) is 5.75 Å². The van der Waals surface area contributed by atoms with Gasteiger partial charge < -0.3 is 14.7 Å². The number of methoxy groups -OCH3 is 1. The molecule has 1 unspecified atom stereocenters. The highest BCUT2D eigenvalue weighted by molar-refractivity contribution is 5.94. The van der Waals surface area contributed by atoms with Crippen LogP contribution in [0.5, 0.6) is 5.75 Å².